The lowest BCUT2D eigenvalue weighted by molar-refractivity contribution is 0.0907. The Balaban J connectivity index is 1.47. The zero-order chi connectivity index (χ0) is 21.5. The second kappa shape index (κ2) is 9.97. The van der Waals surface area contributed by atoms with E-state index in [4.69, 9.17) is 4.52 Å². The van der Waals surface area contributed by atoms with Crippen molar-refractivity contribution >= 4 is 33.6 Å². The average molecular weight is 476 g/mol. The van der Waals surface area contributed by atoms with Crippen molar-refractivity contribution in [2.45, 2.75) is 13.0 Å². The molecule has 0 atom stereocenters. The van der Waals surface area contributed by atoms with E-state index in [0.717, 1.165) is 10.0 Å². The summed E-state index contributed by atoms with van der Waals surface area (Å²) in [5.74, 6) is -0.741. The number of anilines is 1. The first kappa shape index (κ1) is 21.4. The van der Waals surface area contributed by atoms with Crippen LogP contribution in [0.15, 0.2) is 57.5 Å². The highest BCUT2D eigenvalue weighted by atomic mass is 79.9. The number of rotatable bonds is 7. The summed E-state index contributed by atoms with van der Waals surface area (Å²) in [6.45, 7) is 0.529. The highest BCUT2D eigenvalue weighted by Crippen LogP contribution is 2.21. The molecule has 0 aliphatic carbocycles. The van der Waals surface area contributed by atoms with Crippen LogP contribution in [0.4, 0.5) is 14.9 Å². The number of halogens is 2. The largest absolute Gasteiger partial charge is 0.344 e. The molecule has 0 unspecified atom stereocenters. The second-order valence-corrected chi connectivity index (χ2v) is 7.26. The molecule has 0 spiro atoms. The Kier molecular flexibility index (Phi) is 7.12. The third-order valence-electron chi connectivity index (χ3n) is 4.16. The van der Waals surface area contributed by atoms with Crippen LogP contribution in [0.5, 0.6) is 0 Å². The van der Waals surface area contributed by atoms with Gasteiger partial charge in [-0.1, -0.05) is 29.4 Å². The maximum atomic E-state index is 12.9. The molecule has 0 aliphatic rings. The third-order valence-corrected chi connectivity index (χ3v) is 4.85. The van der Waals surface area contributed by atoms with Gasteiger partial charge in [0, 0.05) is 31.0 Å². The molecule has 3 amide bonds. The molecule has 2 aromatic carbocycles. The molecule has 0 fully saturated rings. The molecule has 3 rings (SSSR count). The molecule has 156 valence electrons. The summed E-state index contributed by atoms with van der Waals surface area (Å²) in [6.07, 6.45) is 0.314. The van der Waals surface area contributed by atoms with Crippen LogP contribution in [0.3, 0.4) is 0 Å². The maximum Gasteiger partial charge on any atom is 0.321 e. The Morgan fingerprint density at radius 2 is 1.90 bits per heavy atom. The van der Waals surface area contributed by atoms with Crippen LogP contribution in [0, 0.1) is 5.82 Å². The van der Waals surface area contributed by atoms with E-state index >= 15 is 0 Å². The van der Waals surface area contributed by atoms with Crippen molar-refractivity contribution < 1.29 is 18.5 Å². The van der Waals surface area contributed by atoms with Crippen molar-refractivity contribution in [3.05, 3.63) is 76.1 Å². The monoisotopic (exact) mass is 475 g/mol. The first-order chi connectivity index (χ1) is 14.4. The number of hydrogen-bond donors (Lipinski definition) is 2. The van der Waals surface area contributed by atoms with E-state index < -0.39 is 5.91 Å². The molecule has 0 saturated heterocycles. The number of aromatic nitrogens is 2. The van der Waals surface area contributed by atoms with Gasteiger partial charge in [0.15, 0.2) is 5.82 Å². The highest BCUT2D eigenvalue weighted by Gasteiger charge is 2.16. The molecule has 30 heavy (non-hydrogen) atoms. The molecule has 0 bridgehead atoms. The number of benzene rings is 2. The summed E-state index contributed by atoms with van der Waals surface area (Å²) < 4.78 is 18.7. The molecule has 8 nitrogen and oxygen atoms in total. The molecule has 10 heteroatoms. The number of urea groups is 1. The van der Waals surface area contributed by atoms with Crippen LogP contribution in [0.1, 0.15) is 22.1 Å². The summed E-state index contributed by atoms with van der Waals surface area (Å²) >= 11 is 3.38. The zero-order valence-corrected chi connectivity index (χ0v) is 17.6. The Morgan fingerprint density at radius 3 is 2.63 bits per heavy atom. The van der Waals surface area contributed by atoms with Gasteiger partial charge in [-0.15, -0.1) is 0 Å². The van der Waals surface area contributed by atoms with E-state index in [9.17, 15) is 14.0 Å². The predicted molar refractivity (Wildman–Crippen MR) is 111 cm³/mol. The third kappa shape index (κ3) is 5.86. The van der Waals surface area contributed by atoms with Crippen LogP contribution < -0.4 is 10.6 Å². The van der Waals surface area contributed by atoms with Crippen molar-refractivity contribution in [1.29, 1.82) is 0 Å². The standard InChI is InChI=1S/C20H19BrFN5O3/c1-27(20(29)24-16-5-3-2-4-15(16)21)11-10-17-25-19(30-26-17)18(28)23-12-13-6-8-14(22)9-7-13/h2-9H,10-12H2,1H3,(H,23,28)(H,24,29). The van der Waals surface area contributed by atoms with Gasteiger partial charge < -0.3 is 20.1 Å². The minimum absolute atomic E-state index is 0.174. The summed E-state index contributed by atoms with van der Waals surface area (Å²) in [7, 11) is 1.64. The Bertz CT molecular complexity index is 1030. The van der Waals surface area contributed by atoms with E-state index in [1.54, 1.807) is 25.2 Å². The maximum absolute atomic E-state index is 12.9. The van der Waals surface area contributed by atoms with Crippen LogP contribution in [-0.2, 0) is 13.0 Å². The van der Waals surface area contributed by atoms with Crippen molar-refractivity contribution in [2.75, 3.05) is 18.9 Å². The fourth-order valence-corrected chi connectivity index (χ4v) is 2.83. The van der Waals surface area contributed by atoms with Crippen LogP contribution in [0.2, 0.25) is 0 Å². The lowest BCUT2D eigenvalue weighted by atomic mass is 10.2. The highest BCUT2D eigenvalue weighted by molar-refractivity contribution is 9.10. The Labute approximate surface area is 180 Å². The van der Waals surface area contributed by atoms with E-state index in [1.807, 2.05) is 18.2 Å². The zero-order valence-electron chi connectivity index (χ0n) is 16.1. The quantitative estimate of drug-likeness (QED) is 0.543. The summed E-state index contributed by atoms with van der Waals surface area (Å²) in [4.78, 5) is 29.9. The number of nitrogens with one attached hydrogen (secondary N) is 2. The van der Waals surface area contributed by atoms with Crippen molar-refractivity contribution in [3.63, 3.8) is 0 Å². The van der Waals surface area contributed by atoms with Gasteiger partial charge in [0.25, 0.3) is 0 Å². The lowest BCUT2D eigenvalue weighted by Crippen LogP contribution is -2.33. The molecule has 0 aliphatic heterocycles. The normalized spacial score (nSPS) is 10.5. The fourth-order valence-electron chi connectivity index (χ4n) is 2.45. The summed E-state index contributed by atoms with van der Waals surface area (Å²) in [5.41, 5.74) is 1.40. The lowest BCUT2D eigenvalue weighted by Gasteiger charge is -2.17. The van der Waals surface area contributed by atoms with Gasteiger partial charge in [0.2, 0.25) is 0 Å². The minimum atomic E-state index is -0.530. The van der Waals surface area contributed by atoms with E-state index in [1.165, 1.54) is 17.0 Å². The Hall–Kier alpha value is -3.27. The average Bonchev–Trinajstić information content (AvgIpc) is 3.22. The van der Waals surface area contributed by atoms with Gasteiger partial charge in [-0.05, 0) is 45.8 Å². The van der Waals surface area contributed by atoms with Crippen LogP contribution in [-0.4, -0.2) is 40.6 Å². The smallest absolute Gasteiger partial charge is 0.321 e. The molecule has 1 heterocycles. The molecule has 1 aromatic heterocycles. The number of hydrogen-bond acceptors (Lipinski definition) is 5. The first-order valence-corrected chi connectivity index (χ1v) is 9.83. The van der Waals surface area contributed by atoms with Crippen molar-refractivity contribution in [3.8, 4) is 0 Å². The van der Waals surface area contributed by atoms with E-state index in [2.05, 4.69) is 36.7 Å². The number of carbonyl (C=O) groups excluding carboxylic acids is 2. The molecule has 0 radical (unpaired) electrons. The molecular formula is C20H19BrFN5O3. The van der Waals surface area contributed by atoms with Gasteiger partial charge in [-0.2, -0.15) is 4.98 Å². The van der Waals surface area contributed by atoms with E-state index in [0.29, 0.717) is 24.5 Å². The number of amides is 3. The van der Waals surface area contributed by atoms with Crippen molar-refractivity contribution in [2.24, 2.45) is 0 Å². The number of nitrogens with zero attached hydrogens (tertiary/aromatic N) is 3. The predicted octanol–water partition coefficient (Wildman–Crippen LogP) is 3.61. The van der Waals surface area contributed by atoms with Gasteiger partial charge in [0.1, 0.15) is 5.82 Å². The van der Waals surface area contributed by atoms with E-state index in [-0.39, 0.29) is 24.3 Å². The Morgan fingerprint density at radius 1 is 1.17 bits per heavy atom. The first-order valence-electron chi connectivity index (χ1n) is 9.04. The second-order valence-electron chi connectivity index (χ2n) is 6.41. The number of likely N-dealkylation sites (N-methyl/N-ethyl adjacent to an activating group) is 1. The van der Waals surface area contributed by atoms with Gasteiger partial charge >= 0.3 is 17.8 Å². The van der Waals surface area contributed by atoms with Crippen LogP contribution >= 0.6 is 15.9 Å². The molecular weight excluding hydrogens is 457 g/mol. The molecule has 3 aromatic rings. The molecule has 2 N–H and O–H groups in total. The van der Waals surface area contributed by atoms with Gasteiger partial charge in [-0.25, -0.2) is 9.18 Å². The van der Waals surface area contributed by atoms with Gasteiger partial charge in [-0.3, -0.25) is 4.79 Å². The summed E-state index contributed by atoms with van der Waals surface area (Å²) in [6, 6.07) is 12.8. The minimum Gasteiger partial charge on any atom is -0.344 e. The van der Waals surface area contributed by atoms with Gasteiger partial charge in [0.05, 0.1) is 5.69 Å². The topological polar surface area (TPSA) is 100 Å². The number of para-hydroxylation sites is 1. The summed E-state index contributed by atoms with van der Waals surface area (Å²) in [5, 5.41) is 9.19. The fraction of sp³-hybridized carbons (Fsp3) is 0.200. The van der Waals surface area contributed by atoms with Crippen LogP contribution in [0.25, 0.3) is 0 Å². The number of carbonyl (C=O) groups is 2. The molecule has 0 saturated carbocycles. The van der Waals surface area contributed by atoms with Crippen molar-refractivity contribution in [1.82, 2.24) is 20.4 Å². The SMILES string of the molecule is CN(CCc1noc(C(=O)NCc2ccc(F)cc2)n1)C(=O)Nc1ccccc1Br.